The van der Waals surface area contributed by atoms with Gasteiger partial charge in [0.1, 0.15) is 0 Å². The van der Waals surface area contributed by atoms with Crippen molar-refractivity contribution < 1.29 is 18.3 Å². The molecule has 6 heteroatoms. The molecule has 0 rings (SSSR count). The fourth-order valence-electron chi connectivity index (χ4n) is 0.731. The van der Waals surface area contributed by atoms with Crippen molar-refractivity contribution in [2.24, 2.45) is 5.92 Å². The fourth-order valence-corrected chi connectivity index (χ4v) is 2.47. The maximum absolute atomic E-state index is 10.6. The van der Waals surface area contributed by atoms with Crippen molar-refractivity contribution in [2.45, 2.75) is 19.1 Å². The smallest absolute Gasteiger partial charge is 0.323 e. The summed E-state index contributed by atoms with van der Waals surface area (Å²) in [6.45, 7) is 2.97. The average molecular weight is 201 g/mol. The Kier molecular flexibility index (Phi) is 3.31. The molecule has 0 aromatic carbocycles. The van der Waals surface area contributed by atoms with Crippen LogP contribution in [0.4, 0.5) is 0 Å². The molecule has 0 aliphatic rings. The zero-order valence-electron chi connectivity index (χ0n) is 6.11. The fraction of sp³-hybridized carbons (Fsp3) is 0.800. The third-order valence-electron chi connectivity index (χ3n) is 1.15. The lowest BCUT2D eigenvalue weighted by molar-refractivity contribution is -0.137. The molecule has 1 atom stereocenters. The van der Waals surface area contributed by atoms with Gasteiger partial charge in [-0.3, -0.25) is 4.79 Å². The number of halogens is 1. The summed E-state index contributed by atoms with van der Waals surface area (Å²) in [6, 6.07) is 0. The van der Waals surface area contributed by atoms with Gasteiger partial charge in [-0.05, 0) is 5.92 Å². The number of carbonyl (C=O) groups is 1. The second-order valence-electron chi connectivity index (χ2n) is 2.48. The van der Waals surface area contributed by atoms with E-state index in [9.17, 15) is 13.2 Å². The minimum absolute atomic E-state index is 0.519. The molecule has 0 fully saturated rings. The van der Waals surface area contributed by atoms with Crippen molar-refractivity contribution >= 4 is 25.7 Å². The van der Waals surface area contributed by atoms with Crippen LogP contribution in [-0.4, -0.2) is 24.7 Å². The molecule has 11 heavy (non-hydrogen) atoms. The number of hydrogen-bond donors (Lipinski definition) is 1. The van der Waals surface area contributed by atoms with Crippen molar-refractivity contribution in [1.29, 1.82) is 0 Å². The summed E-state index contributed by atoms with van der Waals surface area (Å²) < 4.78 is 21.2. The van der Waals surface area contributed by atoms with Crippen molar-refractivity contribution in [3.05, 3.63) is 0 Å². The first-order valence-corrected chi connectivity index (χ1v) is 5.30. The molecule has 0 amide bonds. The Hall–Kier alpha value is -0.290. The molecule has 1 unspecified atom stereocenters. The topological polar surface area (TPSA) is 71.4 Å². The Morgan fingerprint density at radius 3 is 1.82 bits per heavy atom. The van der Waals surface area contributed by atoms with Crippen LogP contribution in [0.3, 0.4) is 0 Å². The highest BCUT2D eigenvalue weighted by Crippen LogP contribution is 2.16. The lowest BCUT2D eigenvalue weighted by atomic mass is 10.1. The van der Waals surface area contributed by atoms with E-state index in [1.165, 1.54) is 13.8 Å². The minimum Gasteiger partial charge on any atom is -0.480 e. The molecule has 0 bridgehead atoms. The van der Waals surface area contributed by atoms with Crippen molar-refractivity contribution in [3.8, 4) is 0 Å². The lowest BCUT2D eigenvalue weighted by Gasteiger charge is -2.11. The van der Waals surface area contributed by atoms with Gasteiger partial charge in [0.2, 0.25) is 9.05 Å². The third-order valence-corrected chi connectivity index (χ3v) is 3.08. The summed E-state index contributed by atoms with van der Waals surface area (Å²) in [7, 11) is 0.890. The molecule has 0 heterocycles. The van der Waals surface area contributed by atoms with Crippen LogP contribution in [0.5, 0.6) is 0 Å². The van der Waals surface area contributed by atoms with E-state index >= 15 is 0 Å². The summed E-state index contributed by atoms with van der Waals surface area (Å²) in [5.74, 6) is -1.93. The van der Waals surface area contributed by atoms with Crippen LogP contribution in [-0.2, 0) is 13.8 Å². The van der Waals surface area contributed by atoms with E-state index in [-0.39, 0.29) is 0 Å². The van der Waals surface area contributed by atoms with Gasteiger partial charge in [-0.15, -0.1) is 0 Å². The Balaban J connectivity index is 4.79. The molecule has 4 nitrogen and oxygen atoms in total. The zero-order valence-corrected chi connectivity index (χ0v) is 7.69. The zero-order chi connectivity index (χ0) is 9.23. The van der Waals surface area contributed by atoms with Crippen LogP contribution in [0.1, 0.15) is 13.8 Å². The first-order chi connectivity index (χ1) is 4.76. The highest BCUT2D eigenvalue weighted by Gasteiger charge is 2.33. The van der Waals surface area contributed by atoms with Gasteiger partial charge in [-0.2, -0.15) is 0 Å². The molecular weight excluding hydrogens is 192 g/mol. The van der Waals surface area contributed by atoms with Crippen molar-refractivity contribution in [1.82, 2.24) is 0 Å². The summed E-state index contributed by atoms with van der Waals surface area (Å²) in [5, 5.41) is 6.91. The highest BCUT2D eigenvalue weighted by molar-refractivity contribution is 8.14. The standard InChI is InChI=1S/C5H9ClO4S/c1-3(2)4(5(7)8)11(6,9)10/h3-4H,1-2H3,(H,7,8). The average Bonchev–Trinajstić information content (AvgIpc) is 1.54. The molecular formula is C5H9ClO4S. The monoisotopic (exact) mass is 200 g/mol. The molecule has 0 spiro atoms. The molecule has 0 aromatic rings. The van der Waals surface area contributed by atoms with E-state index in [2.05, 4.69) is 0 Å². The maximum atomic E-state index is 10.6. The number of hydrogen-bond acceptors (Lipinski definition) is 3. The van der Waals surface area contributed by atoms with Crippen LogP contribution < -0.4 is 0 Å². The molecule has 1 N–H and O–H groups in total. The maximum Gasteiger partial charge on any atom is 0.323 e. The predicted molar refractivity (Wildman–Crippen MR) is 41.0 cm³/mol. The van der Waals surface area contributed by atoms with E-state index in [0.717, 1.165) is 0 Å². The van der Waals surface area contributed by atoms with Crippen LogP contribution in [0.2, 0.25) is 0 Å². The summed E-state index contributed by atoms with van der Waals surface area (Å²) >= 11 is 0. The Bertz CT molecular complexity index is 243. The van der Waals surface area contributed by atoms with Gasteiger partial charge in [-0.1, -0.05) is 13.8 Å². The van der Waals surface area contributed by atoms with E-state index in [0.29, 0.717) is 0 Å². The molecule has 0 saturated heterocycles. The molecule has 0 aliphatic carbocycles. The van der Waals surface area contributed by atoms with Crippen molar-refractivity contribution in [3.63, 3.8) is 0 Å². The SMILES string of the molecule is CC(C)C(C(=O)O)S(=O)(=O)Cl. The number of aliphatic carboxylic acids is 1. The van der Waals surface area contributed by atoms with Gasteiger partial charge in [0.25, 0.3) is 0 Å². The summed E-state index contributed by atoms with van der Waals surface area (Å²) in [5.41, 5.74) is 0. The van der Waals surface area contributed by atoms with Gasteiger partial charge in [-0.25, -0.2) is 8.42 Å². The number of carboxylic acids is 1. The van der Waals surface area contributed by atoms with Gasteiger partial charge in [0.15, 0.2) is 5.25 Å². The molecule has 0 saturated carbocycles. The first-order valence-electron chi connectivity index (χ1n) is 2.93. The Morgan fingerprint density at radius 1 is 1.45 bits per heavy atom. The second kappa shape index (κ2) is 3.40. The van der Waals surface area contributed by atoms with Crippen LogP contribution in [0, 0.1) is 5.92 Å². The Labute approximate surface area is 69.6 Å². The molecule has 66 valence electrons. The largest absolute Gasteiger partial charge is 0.480 e. The lowest BCUT2D eigenvalue weighted by Crippen LogP contribution is -2.31. The van der Waals surface area contributed by atoms with Gasteiger partial charge in [0.05, 0.1) is 0 Å². The molecule has 0 aliphatic heterocycles. The van der Waals surface area contributed by atoms with E-state index in [1.54, 1.807) is 0 Å². The first kappa shape index (κ1) is 10.7. The quantitative estimate of drug-likeness (QED) is 0.680. The third kappa shape index (κ3) is 3.07. The molecule has 0 aromatic heterocycles. The summed E-state index contributed by atoms with van der Waals surface area (Å²) in [6.07, 6.45) is 0. The summed E-state index contributed by atoms with van der Waals surface area (Å²) in [4.78, 5) is 10.3. The normalized spacial score (nSPS) is 14.9. The number of carboxylic acid groups (broad SMARTS) is 1. The predicted octanol–water partition coefficient (Wildman–Crippen LogP) is 0.664. The van der Waals surface area contributed by atoms with Gasteiger partial charge in [0, 0.05) is 10.7 Å². The highest BCUT2D eigenvalue weighted by atomic mass is 35.7. The van der Waals surface area contributed by atoms with E-state index in [4.69, 9.17) is 15.8 Å². The van der Waals surface area contributed by atoms with Gasteiger partial charge < -0.3 is 5.11 Å². The minimum atomic E-state index is -3.99. The second-order valence-corrected chi connectivity index (χ2v) is 5.23. The van der Waals surface area contributed by atoms with Crippen LogP contribution in [0.25, 0.3) is 0 Å². The van der Waals surface area contributed by atoms with Crippen molar-refractivity contribution in [2.75, 3.05) is 0 Å². The molecule has 0 radical (unpaired) electrons. The van der Waals surface area contributed by atoms with Gasteiger partial charge >= 0.3 is 5.97 Å². The Morgan fingerprint density at radius 2 is 1.82 bits per heavy atom. The van der Waals surface area contributed by atoms with Crippen LogP contribution in [0.15, 0.2) is 0 Å². The van der Waals surface area contributed by atoms with E-state index in [1.807, 2.05) is 0 Å². The van der Waals surface area contributed by atoms with Crippen LogP contribution >= 0.6 is 10.7 Å². The van der Waals surface area contributed by atoms with E-state index < -0.39 is 26.2 Å². The number of rotatable bonds is 3.